The van der Waals surface area contributed by atoms with E-state index in [-0.39, 0.29) is 18.4 Å². The third kappa shape index (κ3) is 4.96. The predicted molar refractivity (Wildman–Crippen MR) is 86.4 cm³/mol. The van der Waals surface area contributed by atoms with Crippen LogP contribution in [0.15, 0.2) is 24.3 Å². The maximum absolute atomic E-state index is 12.4. The van der Waals surface area contributed by atoms with E-state index in [2.05, 4.69) is 0 Å². The Morgan fingerprint density at radius 1 is 0.957 bits per heavy atom. The molecule has 23 heavy (non-hydrogen) atoms. The third-order valence-electron chi connectivity index (χ3n) is 3.98. The van der Waals surface area contributed by atoms with Crippen molar-refractivity contribution < 1.29 is 19.1 Å². The highest BCUT2D eigenvalue weighted by Gasteiger charge is 2.21. The van der Waals surface area contributed by atoms with Crippen LogP contribution >= 0.6 is 0 Å². The molecule has 126 valence electrons. The normalized spacial score (nSPS) is 15.2. The SMILES string of the molecule is COCC(=O)N1CCCN(C(=O)Cc2ccc(OC)cc2)CC1. The largest absolute Gasteiger partial charge is 0.497 e. The van der Waals surface area contributed by atoms with Crippen LogP contribution in [0.2, 0.25) is 0 Å². The van der Waals surface area contributed by atoms with Gasteiger partial charge in [-0.1, -0.05) is 12.1 Å². The van der Waals surface area contributed by atoms with E-state index in [1.54, 1.807) is 12.0 Å². The van der Waals surface area contributed by atoms with Gasteiger partial charge in [-0.3, -0.25) is 9.59 Å². The third-order valence-corrected chi connectivity index (χ3v) is 3.98. The first-order valence-electron chi connectivity index (χ1n) is 7.81. The Kier molecular flexibility index (Phi) is 6.40. The van der Waals surface area contributed by atoms with Gasteiger partial charge in [-0.25, -0.2) is 0 Å². The van der Waals surface area contributed by atoms with Crippen molar-refractivity contribution in [1.82, 2.24) is 9.80 Å². The van der Waals surface area contributed by atoms with Crippen LogP contribution in [0, 0.1) is 0 Å². The van der Waals surface area contributed by atoms with Gasteiger partial charge >= 0.3 is 0 Å². The first-order valence-corrected chi connectivity index (χ1v) is 7.81. The molecule has 1 aromatic carbocycles. The van der Waals surface area contributed by atoms with E-state index in [1.165, 1.54) is 7.11 Å². The van der Waals surface area contributed by atoms with Crippen LogP contribution < -0.4 is 4.74 Å². The summed E-state index contributed by atoms with van der Waals surface area (Å²) >= 11 is 0. The Morgan fingerprint density at radius 3 is 2.13 bits per heavy atom. The topological polar surface area (TPSA) is 59.1 Å². The van der Waals surface area contributed by atoms with Crippen molar-refractivity contribution >= 4 is 11.8 Å². The first-order chi connectivity index (χ1) is 11.1. The highest BCUT2D eigenvalue weighted by Crippen LogP contribution is 2.13. The number of carbonyl (C=O) groups is 2. The van der Waals surface area contributed by atoms with Gasteiger partial charge in [-0.05, 0) is 24.1 Å². The van der Waals surface area contributed by atoms with Gasteiger partial charge < -0.3 is 19.3 Å². The Labute approximate surface area is 137 Å². The zero-order valence-electron chi connectivity index (χ0n) is 13.8. The monoisotopic (exact) mass is 320 g/mol. The van der Waals surface area contributed by atoms with Crippen molar-refractivity contribution in [3.05, 3.63) is 29.8 Å². The molecule has 0 spiro atoms. The molecular weight excluding hydrogens is 296 g/mol. The number of rotatable bonds is 5. The van der Waals surface area contributed by atoms with Gasteiger partial charge in [0, 0.05) is 33.3 Å². The van der Waals surface area contributed by atoms with E-state index >= 15 is 0 Å². The van der Waals surface area contributed by atoms with Crippen LogP contribution in [0.1, 0.15) is 12.0 Å². The molecule has 0 atom stereocenters. The van der Waals surface area contributed by atoms with Crippen LogP contribution in [0.5, 0.6) is 5.75 Å². The van der Waals surface area contributed by atoms with Crippen LogP contribution in [-0.4, -0.2) is 68.6 Å². The van der Waals surface area contributed by atoms with E-state index in [9.17, 15) is 9.59 Å². The van der Waals surface area contributed by atoms with Gasteiger partial charge in [-0.15, -0.1) is 0 Å². The molecule has 0 saturated carbocycles. The van der Waals surface area contributed by atoms with Crippen LogP contribution in [0.4, 0.5) is 0 Å². The highest BCUT2D eigenvalue weighted by molar-refractivity contribution is 5.79. The van der Waals surface area contributed by atoms with Gasteiger partial charge in [0.25, 0.3) is 0 Å². The molecule has 1 aromatic rings. The summed E-state index contributed by atoms with van der Waals surface area (Å²) in [7, 11) is 3.13. The molecule has 1 fully saturated rings. The van der Waals surface area contributed by atoms with Crippen molar-refractivity contribution in [3.63, 3.8) is 0 Å². The molecule has 1 aliphatic rings. The molecule has 0 aliphatic carbocycles. The predicted octanol–water partition coefficient (Wildman–Crippen LogP) is 0.945. The van der Waals surface area contributed by atoms with Gasteiger partial charge in [0.05, 0.1) is 13.5 Å². The number of methoxy groups -OCH3 is 2. The molecule has 1 saturated heterocycles. The Hall–Kier alpha value is -2.08. The average Bonchev–Trinajstić information content (AvgIpc) is 2.82. The summed E-state index contributed by atoms with van der Waals surface area (Å²) in [6, 6.07) is 7.53. The van der Waals surface area contributed by atoms with Crippen molar-refractivity contribution in [2.75, 3.05) is 47.0 Å². The fourth-order valence-electron chi connectivity index (χ4n) is 2.66. The maximum Gasteiger partial charge on any atom is 0.248 e. The minimum atomic E-state index is -0.0167. The molecule has 1 heterocycles. The van der Waals surface area contributed by atoms with Crippen LogP contribution in [0.25, 0.3) is 0 Å². The molecule has 0 unspecified atom stereocenters. The molecular formula is C17H24N2O4. The molecule has 0 radical (unpaired) electrons. The summed E-state index contributed by atoms with van der Waals surface area (Å²) in [5, 5.41) is 0. The molecule has 6 heteroatoms. The molecule has 0 bridgehead atoms. The first kappa shape index (κ1) is 17.3. The van der Waals surface area contributed by atoms with Gasteiger partial charge in [0.2, 0.25) is 11.8 Å². The number of amides is 2. The standard InChI is InChI=1S/C17H24N2O4/c1-22-13-17(21)19-9-3-8-18(10-11-19)16(20)12-14-4-6-15(23-2)7-5-14/h4-7H,3,8-13H2,1-2H3. The van der Waals surface area contributed by atoms with Crippen molar-refractivity contribution in [1.29, 1.82) is 0 Å². The minimum absolute atomic E-state index is 0.0167. The Balaban J connectivity index is 1.88. The molecule has 1 aliphatic heterocycles. The lowest BCUT2D eigenvalue weighted by atomic mass is 10.1. The van der Waals surface area contributed by atoms with Crippen molar-refractivity contribution in [3.8, 4) is 5.75 Å². The van der Waals surface area contributed by atoms with Crippen LogP contribution in [-0.2, 0) is 20.7 Å². The summed E-state index contributed by atoms with van der Waals surface area (Å²) in [5.74, 6) is 0.858. The highest BCUT2D eigenvalue weighted by atomic mass is 16.5. The number of nitrogens with zero attached hydrogens (tertiary/aromatic N) is 2. The molecule has 6 nitrogen and oxygen atoms in total. The maximum atomic E-state index is 12.4. The van der Waals surface area contributed by atoms with E-state index in [1.807, 2.05) is 29.2 Å². The number of hydrogen-bond donors (Lipinski definition) is 0. The quantitative estimate of drug-likeness (QED) is 0.810. The average molecular weight is 320 g/mol. The summed E-state index contributed by atoms with van der Waals surface area (Å²) in [4.78, 5) is 27.9. The second-order valence-electron chi connectivity index (χ2n) is 5.57. The van der Waals surface area contributed by atoms with E-state index in [0.29, 0.717) is 32.6 Å². The van der Waals surface area contributed by atoms with Crippen LogP contribution in [0.3, 0.4) is 0 Å². The van der Waals surface area contributed by atoms with Gasteiger partial charge in [0.15, 0.2) is 0 Å². The lowest BCUT2D eigenvalue weighted by Gasteiger charge is -2.22. The lowest BCUT2D eigenvalue weighted by Crippen LogP contribution is -2.39. The summed E-state index contributed by atoms with van der Waals surface area (Å²) in [6.45, 7) is 2.60. The molecule has 2 rings (SSSR count). The van der Waals surface area contributed by atoms with Gasteiger partial charge in [0.1, 0.15) is 12.4 Å². The number of benzene rings is 1. The zero-order chi connectivity index (χ0) is 16.7. The van der Waals surface area contributed by atoms with Crippen molar-refractivity contribution in [2.24, 2.45) is 0 Å². The Bertz CT molecular complexity index is 530. The molecule has 0 aromatic heterocycles. The van der Waals surface area contributed by atoms with E-state index in [4.69, 9.17) is 9.47 Å². The number of hydrogen-bond acceptors (Lipinski definition) is 4. The summed E-state index contributed by atoms with van der Waals surface area (Å²) in [6.07, 6.45) is 1.17. The summed E-state index contributed by atoms with van der Waals surface area (Å²) < 4.78 is 10.0. The number of ether oxygens (including phenoxy) is 2. The number of carbonyl (C=O) groups excluding carboxylic acids is 2. The second-order valence-corrected chi connectivity index (χ2v) is 5.57. The minimum Gasteiger partial charge on any atom is -0.497 e. The second kappa shape index (κ2) is 8.53. The zero-order valence-corrected chi connectivity index (χ0v) is 13.8. The van der Waals surface area contributed by atoms with E-state index in [0.717, 1.165) is 17.7 Å². The molecule has 0 N–H and O–H groups in total. The van der Waals surface area contributed by atoms with Gasteiger partial charge in [-0.2, -0.15) is 0 Å². The van der Waals surface area contributed by atoms with E-state index < -0.39 is 0 Å². The fraction of sp³-hybridized carbons (Fsp3) is 0.529. The lowest BCUT2D eigenvalue weighted by molar-refractivity contribution is -0.136. The summed E-state index contributed by atoms with van der Waals surface area (Å²) in [5.41, 5.74) is 0.965. The fourth-order valence-corrected chi connectivity index (χ4v) is 2.66. The smallest absolute Gasteiger partial charge is 0.248 e. The van der Waals surface area contributed by atoms with Crippen molar-refractivity contribution in [2.45, 2.75) is 12.8 Å². The Morgan fingerprint density at radius 2 is 1.57 bits per heavy atom. The molecule has 2 amide bonds.